The van der Waals surface area contributed by atoms with Crippen molar-refractivity contribution >= 4 is 11.8 Å². The summed E-state index contributed by atoms with van der Waals surface area (Å²) in [5.74, 6) is 1.15. The summed E-state index contributed by atoms with van der Waals surface area (Å²) < 4.78 is 5.40. The van der Waals surface area contributed by atoms with Gasteiger partial charge in [-0.2, -0.15) is 0 Å². The molecule has 0 atom stereocenters. The fraction of sp³-hybridized carbons (Fsp3) is 0.400. The molecule has 0 amide bonds. The highest BCUT2D eigenvalue weighted by Gasteiger charge is 2.21. The minimum atomic E-state index is 0.332. The molecule has 0 aromatic carbocycles. The SMILES string of the molecule is c1cnc(Nc2nnc(CNC3CC3)o2)cn1. The van der Waals surface area contributed by atoms with E-state index in [1.54, 1.807) is 18.6 Å². The second-order valence-electron chi connectivity index (χ2n) is 3.87. The van der Waals surface area contributed by atoms with E-state index in [9.17, 15) is 0 Å². The molecule has 88 valence electrons. The average Bonchev–Trinajstić information content (AvgIpc) is 3.09. The second-order valence-corrected chi connectivity index (χ2v) is 3.87. The third-order valence-corrected chi connectivity index (χ3v) is 2.38. The highest BCUT2D eigenvalue weighted by atomic mass is 16.4. The molecular formula is C10H12N6O. The zero-order valence-corrected chi connectivity index (χ0v) is 9.13. The van der Waals surface area contributed by atoms with Crippen LogP contribution in [0.25, 0.3) is 0 Å². The Labute approximate surface area is 97.7 Å². The first-order valence-corrected chi connectivity index (χ1v) is 5.49. The maximum absolute atomic E-state index is 5.40. The molecule has 0 radical (unpaired) electrons. The number of anilines is 2. The lowest BCUT2D eigenvalue weighted by molar-refractivity contribution is 0.478. The maximum Gasteiger partial charge on any atom is 0.321 e. The first-order valence-electron chi connectivity index (χ1n) is 5.49. The Bertz CT molecular complexity index is 481. The van der Waals surface area contributed by atoms with Crippen LogP contribution < -0.4 is 10.6 Å². The van der Waals surface area contributed by atoms with Crippen LogP contribution in [0.3, 0.4) is 0 Å². The molecule has 7 heteroatoms. The van der Waals surface area contributed by atoms with Crippen molar-refractivity contribution in [2.75, 3.05) is 5.32 Å². The van der Waals surface area contributed by atoms with E-state index in [1.807, 2.05) is 0 Å². The second kappa shape index (κ2) is 4.46. The van der Waals surface area contributed by atoms with Crippen LogP contribution in [0.1, 0.15) is 18.7 Å². The molecule has 2 aromatic heterocycles. The number of nitrogens with zero attached hydrogens (tertiary/aromatic N) is 4. The average molecular weight is 232 g/mol. The molecule has 2 aromatic rings. The van der Waals surface area contributed by atoms with Gasteiger partial charge in [0.05, 0.1) is 12.7 Å². The van der Waals surface area contributed by atoms with E-state index in [1.165, 1.54) is 12.8 Å². The summed E-state index contributed by atoms with van der Waals surface area (Å²) >= 11 is 0. The van der Waals surface area contributed by atoms with E-state index >= 15 is 0 Å². The van der Waals surface area contributed by atoms with Crippen molar-refractivity contribution < 1.29 is 4.42 Å². The van der Waals surface area contributed by atoms with Gasteiger partial charge in [-0.1, -0.05) is 5.10 Å². The number of rotatable bonds is 5. The lowest BCUT2D eigenvalue weighted by Gasteiger charge is -1.98. The van der Waals surface area contributed by atoms with Gasteiger partial charge in [0.25, 0.3) is 0 Å². The van der Waals surface area contributed by atoms with E-state index in [2.05, 4.69) is 30.8 Å². The van der Waals surface area contributed by atoms with Crippen LogP contribution in [0, 0.1) is 0 Å². The summed E-state index contributed by atoms with van der Waals surface area (Å²) in [6.45, 7) is 0.611. The molecule has 0 saturated heterocycles. The lowest BCUT2D eigenvalue weighted by atomic mass is 10.6. The Hall–Kier alpha value is -2.02. The van der Waals surface area contributed by atoms with Crippen molar-refractivity contribution in [2.24, 2.45) is 0 Å². The van der Waals surface area contributed by atoms with Crippen molar-refractivity contribution in [3.8, 4) is 0 Å². The highest BCUT2D eigenvalue weighted by molar-refractivity contribution is 5.42. The van der Waals surface area contributed by atoms with Gasteiger partial charge in [0.2, 0.25) is 5.89 Å². The van der Waals surface area contributed by atoms with Crippen molar-refractivity contribution in [3.05, 3.63) is 24.5 Å². The monoisotopic (exact) mass is 232 g/mol. The standard InChI is InChI=1S/C10H12N6O/c1-2-7(1)13-6-9-15-16-10(17-9)14-8-5-11-3-4-12-8/h3-5,7,13H,1-2,6H2,(H,12,14,16). The Kier molecular flexibility index (Phi) is 2.66. The number of aromatic nitrogens is 4. The van der Waals surface area contributed by atoms with Gasteiger partial charge in [-0.3, -0.25) is 10.3 Å². The van der Waals surface area contributed by atoms with Gasteiger partial charge in [0.15, 0.2) is 5.82 Å². The topological polar surface area (TPSA) is 88.8 Å². The largest absolute Gasteiger partial charge is 0.406 e. The first kappa shape index (κ1) is 10.2. The Balaban J connectivity index is 1.59. The van der Waals surface area contributed by atoms with Crippen molar-refractivity contribution in [1.82, 2.24) is 25.5 Å². The molecule has 17 heavy (non-hydrogen) atoms. The Morgan fingerprint density at radius 2 is 2.24 bits per heavy atom. The zero-order chi connectivity index (χ0) is 11.5. The van der Waals surface area contributed by atoms with Gasteiger partial charge < -0.3 is 9.73 Å². The van der Waals surface area contributed by atoms with Gasteiger partial charge >= 0.3 is 6.01 Å². The highest BCUT2D eigenvalue weighted by Crippen LogP contribution is 2.19. The fourth-order valence-corrected chi connectivity index (χ4v) is 1.37. The number of hydrogen-bond acceptors (Lipinski definition) is 7. The summed E-state index contributed by atoms with van der Waals surface area (Å²) in [6, 6.07) is 0.955. The van der Waals surface area contributed by atoms with Crippen LogP contribution in [0.2, 0.25) is 0 Å². The minimum Gasteiger partial charge on any atom is -0.406 e. The molecule has 0 unspecified atom stereocenters. The van der Waals surface area contributed by atoms with Crippen LogP contribution in [0.15, 0.2) is 23.0 Å². The van der Waals surface area contributed by atoms with E-state index in [4.69, 9.17) is 4.42 Å². The van der Waals surface area contributed by atoms with Gasteiger partial charge in [-0.25, -0.2) is 4.98 Å². The molecule has 1 aliphatic carbocycles. The molecule has 1 saturated carbocycles. The number of hydrogen-bond donors (Lipinski definition) is 2. The van der Waals surface area contributed by atoms with Crippen molar-refractivity contribution in [2.45, 2.75) is 25.4 Å². The fourth-order valence-electron chi connectivity index (χ4n) is 1.37. The zero-order valence-electron chi connectivity index (χ0n) is 9.13. The molecule has 3 rings (SSSR count). The molecule has 7 nitrogen and oxygen atoms in total. The first-order chi connectivity index (χ1) is 8.40. The van der Waals surface area contributed by atoms with Crippen molar-refractivity contribution in [1.29, 1.82) is 0 Å². The molecule has 1 fully saturated rings. The minimum absolute atomic E-state index is 0.332. The summed E-state index contributed by atoms with van der Waals surface area (Å²) in [6.07, 6.45) is 7.25. The summed E-state index contributed by atoms with van der Waals surface area (Å²) in [5.41, 5.74) is 0. The van der Waals surface area contributed by atoms with E-state index in [-0.39, 0.29) is 0 Å². The van der Waals surface area contributed by atoms with E-state index in [0.29, 0.717) is 30.3 Å². The Morgan fingerprint density at radius 1 is 1.29 bits per heavy atom. The van der Waals surface area contributed by atoms with E-state index < -0.39 is 0 Å². The summed E-state index contributed by atoms with van der Waals surface area (Å²) in [7, 11) is 0. The normalized spacial score (nSPS) is 14.8. The summed E-state index contributed by atoms with van der Waals surface area (Å²) in [4.78, 5) is 7.98. The van der Waals surface area contributed by atoms with Gasteiger partial charge in [0.1, 0.15) is 0 Å². The van der Waals surface area contributed by atoms with Crippen LogP contribution >= 0.6 is 0 Å². The number of nitrogens with one attached hydrogen (secondary N) is 2. The lowest BCUT2D eigenvalue weighted by Crippen LogP contribution is -2.15. The van der Waals surface area contributed by atoms with Gasteiger partial charge in [-0.15, -0.1) is 5.10 Å². The maximum atomic E-state index is 5.40. The van der Waals surface area contributed by atoms with Gasteiger partial charge in [0, 0.05) is 18.4 Å². The third-order valence-electron chi connectivity index (χ3n) is 2.38. The van der Waals surface area contributed by atoms with Crippen LogP contribution in [0.4, 0.5) is 11.8 Å². The quantitative estimate of drug-likeness (QED) is 0.790. The molecule has 0 aliphatic heterocycles. The van der Waals surface area contributed by atoms with Crippen LogP contribution in [-0.2, 0) is 6.54 Å². The molecule has 2 N–H and O–H groups in total. The molecule has 0 spiro atoms. The smallest absolute Gasteiger partial charge is 0.321 e. The predicted molar refractivity (Wildman–Crippen MR) is 59.5 cm³/mol. The van der Waals surface area contributed by atoms with Crippen LogP contribution in [0.5, 0.6) is 0 Å². The van der Waals surface area contributed by atoms with E-state index in [0.717, 1.165) is 0 Å². The van der Waals surface area contributed by atoms with Crippen molar-refractivity contribution in [3.63, 3.8) is 0 Å². The third kappa shape index (κ3) is 2.76. The molecular weight excluding hydrogens is 220 g/mol. The van der Waals surface area contributed by atoms with Gasteiger partial charge in [-0.05, 0) is 12.8 Å². The predicted octanol–water partition coefficient (Wildman–Crippen LogP) is 0.855. The summed E-state index contributed by atoms with van der Waals surface area (Å²) in [5, 5.41) is 14.0. The molecule has 1 aliphatic rings. The molecule has 0 bridgehead atoms. The molecule has 2 heterocycles. The Morgan fingerprint density at radius 3 is 3.00 bits per heavy atom. The van der Waals surface area contributed by atoms with Crippen LogP contribution in [-0.4, -0.2) is 26.2 Å².